The van der Waals surface area contributed by atoms with Crippen molar-refractivity contribution in [3.63, 3.8) is 0 Å². The Morgan fingerprint density at radius 1 is 1.20 bits per heavy atom. The molecule has 0 aromatic heterocycles. The molecule has 0 fully saturated rings. The molecule has 2 N–H and O–H groups in total. The van der Waals surface area contributed by atoms with E-state index in [4.69, 9.17) is 5.73 Å². The van der Waals surface area contributed by atoms with E-state index in [1.807, 2.05) is 0 Å². The van der Waals surface area contributed by atoms with Gasteiger partial charge < -0.3 is 5.73 Å². The van der Waals surface area contributed by atoms with Crippen LogP contribution in [0.25, 0.3) is 0 Å². The summed E-state index contributed by atoms with van der Waals surface area (Å²) in [5.74, 6) is 0.685. The highest BCUT2D eigenvalue weighted by atomic mass is 15.2. The van der Waals surface area contributed by atoms with Crippen LogP contribution in [-0.4, -0.2) is 30.1 Å². The minimum Gasteiger partial charge on any atom is -0.329 e. The summed E-state index contributed by atoms with van der Waals surface area (Å²) in [6, 6.07) is 0.597. The molecule has 92 valence electrons. The standard InChI is InChI=1S/C13H30N2/c1-7-9-13(8-2,10-14)15(6)12(5)11(3)4/h11-12H,7-10,14H2,1-6H3. The Morgan fingerprint density at radius 3 is 2.00 bits per heavy atom. The van der Waals surface area contributed by atoms with Gasteiger partial charge in [0.05, 0.1) is 0 Å². The number of hydrogen-bond acceptors (Lipinski definition) is 2. The summed E-state index contributed by atoms with van der Waals surface area (Å²) in [6.07, 6.45) is 3.55. The average Bonchev–Trinajstić information content (AvgIpc) is 2.24. The van der Waals surface area contributed by atoms with Crippen molar-refractivity contribution >= 4 is 0 Å². The van der Waals surface area contributed by atoms with Crippen molar-refractivity contribution in [3.05, 3.63) is 0 Å². The average molecular weight is 214 g/mol. The van der Waals surface area contributed by atoms with Gasteiger partial charge in [0.25, 0.3) is 0 Å². The van der Waals surface area contributed by atoms with E-state index in [1.165, 1.54) is 12.8 Å². The van der Waals surface area contributed by atoms with Crippen molar-refractivity contribution in [3.8, 4) is 0 Å². The van der Waals surface area contributed by atoms with Gasteiger partial charge in [0.2, 0.25) is 0 Å². The molecule has 2 unspecified atom stereocenters. The highest BCUT2D eigenvalue weighted by Gasteiger charge is 2.33. The van der Waals surface area contributed by atoms with Crippen LogP contribution in [0.15, 0.2) is 0 Å². The molecule has 0 saturated carbocycles. The summed E-state index contributed by atoms with van der Waals surface area (Å²) >= 11 is 0. The summed E-state index contributed by atoms with van der Waals surface area (Å²) in [5.41, 5.74) is 6.21. The summed E-state index contributed by atoms with van der Waals surface area (Å²) in [4.78, 5) is 2.50. The highest BCUT2D eigenvalue weighted by molar-refractivity contribution is 4.91. The van der Waals surface area contributed by atoms with Gasteiger partial charge in [-0.25, -0.2) is 0 Å². The molecule has 0 rings (SSSR count). The van der Waals surface area contributed by atoms with Crippen molar-refractivity contribution in [1.29, 1.82) is 0 Å². The molecule has 0 spiro atoms. The molecule has 15 heavy (non-hydrogen) atoms. The lowest BCUT2D eigenvalue weighted by molar-refractivity contribution is 0.0514. The summed E-state index contributed by atoms with van der Waals surface area (Å²) in [7, 11) is 2.23. The second-order valence-corrected chi connectivity index (χ2v) is 5.13. The third kappa shape index (κ3) is 3.46. The number of likely N-dealkylation sites (N-methyl/N-ethyl adjacent to an activating group) is 1. The van der Waals surface area contributed by atoms with Gasteiger partial charge in [-0.3, -0.25) is 4.90 Å². The molecule has 0 aliphatic rings. The fourth-order valence-electron chi connectivity index (χ4n) is 2.34. The predicted molar refractivity (Wildman–Crippen MR) is 69.0 cm³/mol. The molecule has 2 atom stereocenters. The predicted octanol–water partition coefficient (Wildman–Crippen LogP) is 2.87. The second-order valence-electron chi connectivity index (χ2n) is 5.13. The normalized spacial score (nSPS) is 18.2. The largest absolute Gasteiger partial charge is 0.329 e. The van der Waals surface area contributed by atoms with Crippen LogP contribution in [-0.2, 0) is 0 Å². The first-order valence-electron chi connectivity index (χ1n) is 6.38. The molecule has 0 aromatic carbocycles. The SMILES string of the molecule is CCCC(CC)(CN)N(C)C(C)C(C)C. The van der Waals surface area contributed by atoms with Gasteiger partial charge in [0.1, 0.15) is 0 Å². The van der Waals surface area contributed by atoms with Gasteiger partial charge in [-0.15, -0.1) is 0 Å². The Labute approximate surface area is 96.2 Å². The molecule has 0 aliphatic carbocycles. The van der Waals surface area contributed by atoms with Crippen LogP contribution in [0.4, 0.5) is 0 Å². The Hall–Kier alpha value is -0.0800. The first-order chi connectivity index (χ1) is 6.95. The van der Waals surface area contributed by atoms with E-state index < -0.39 is 0 Å². The molecule has 0 aliphatic heterocycles. The van der Waals surface area contributed by atoms with Gasteiger partial charge in [-0.05, 0) is 32.7 Å². The van der Waals surface area contributed by atoms with Crippen molar-refractivity contribution < 1.29 is 0 Å². The molecule has 0 saturated heterocycles. The molecule has 2 heteroatoms. The van der Waals surface area contributed by atoms with Crippen LogP contribution in [0, 0.1) is 5.92 Å². The quantitative estimate of drug-likeness (QED) is 0.706. The van der Waals surface area contributed by atoms with Crippen LogP contribution in [0.5, 0.6) is 0 Å². The Kier molecular flexibility index (Phi) is 6.46. The third-order valence-corrected chi connectivity index (χ3v) is 4.08. The molecular formula is C13H30N2. The minimum absolute atomic E-state index is 0.207. The van der Waals surface area contributed by atoms with Gasteiger partial charge in [0, 0.05) is 18.1 Å². The van der Waals surface area contributed by atoms with E-state index in [0.29, 0.717) is 12.0 Å². The summed E-state index contributed by atoms with van der Waals surface area (Å²) in [5, 5.41) is 0. The highest BCUT2D eigenvalue weighted by Crippen LogP contribution is 2.27. The molecule has 0 heterocycles. The Bertz CT molecular complexity index is 162. The maximum Gasteiger partial charge on any atom is 0.0328 e. The number of hydrogen-bond donors (Lipinski definition) is 1. The second kappa shape index (κ2) is 6.49. The van der Waals surface area contributed by atoms with Gasteiger partial charge in [-0.2, -0.15) is 0 Å². The lowest BCUT2D eigenvalue weighted by Crippen LogP contribution is -2.56. The number of nitrogens with two attached hydrogens (primary N) is 1. The molecule has 0 amide bonds. The smallest absolute Gasteiger partial charge is 0.0328 e. The topological polar surface area (TPSA) is 29.3 Å². The first-order valence-corrected chi connectivity index (χ1v) is 6.38. The maximum atomic E-state index is 6.00. The van der Waals surface area contributed by atoms with Crippen LogP contribution >= 0.6 is 0 Å². The maximum absolute atomic E-state index is 6.00. The van der Waals surface area contributed by atoms with Crippen LogP contribution < -0.4 is 5.73 Å². The number of nitrogens with zero attached hydrogens (tertiary/aromatic N) is 1. The Balaban J connectivity index is 4.73. The fraction of sp³-hybridized carbons (Fsp3) is 1.00. The van der Waals surface area contributed by atoms with Crippen molar-refractivity contribution in [2.75, 3.05) is 13.6 Å². The van der Waals surface area contributed by atoms with Gasteiger partial charge in [-0.1, -0.05) is 34.1 Å². The summed E-state index contributed by atoms with van der Waals surface area (Å²) < 4.78 is 0. The lowest BCUT2D eigenvalue weighted by atomic mass is 9.86. The molecule has 0 aromatic rings. The zero-order valence-electron chi connectivity index (χ0n) is 11.5. The zero-order valence-corrected chi connectivity index (χ0v) is 11.5. The fourth-order valence-corrected chi connectivity index (χ4v) is 2.34. The minimum atomic E-state index is 0.207. The van der Waals surface area contributed by atoms with Crippen LogP contribution in [0.3, 0.4) is 0 Å². The van der Waals surface area contributed by atoms with Crippen molar-refractivity contribution in [1.82, 2.24) is 4.90 Å². The Morgan fingerprint density at radius 2 is 1.73 bits per heavy atom. The van der Waals surface area contributed by atoms with Gasteiger partial charge >= 0.3 is 0 Å². The molecule has 0 bridgehead atoms. The lowest BCUT2D eigenvalue weighted by Gasteiger charge is -2.45. The monoisotopic (exact) mass is 214 g/mol. The molecule has 0 radical (unpaired) electrons. The van der Waals surface area contributed by atoms with Crippen molar-refractivity contribution in [2.24, 2.45) is 11.7 Å². The van der Waals surface area contributed by atoms with E-state index in [1.54, 1.807) is 0 Å². The summed E-state index contributed by atoms with van der Waals surface area (Å²) in [6.45, 7) is 12.1. The van der Waals surface area contributed by atoms with Crippen LogP contribution in [0.2, 0.25) is 0 Å². The molecule has 2 nitrogen and oxygen atoms in total. The zero-order chi connectivity index (χ0) is 12.1. The van der Waals surface area contributed by atoms with Crippen LogP contribution in [0.1, 0.15) is 53.9 Å². The van der Waals surface area contributed by atoms with E-state index in [-0.39, 0.29) is 5.54 Å². The molecular weight excluding hydrogens is 184 g/mol. The number of rotatable bonds is 7. The van der Waals surface area contributed by atoms with E-state index in [2.05, 4.69) is 46.6 Å². The third-order valence-electron chi connectivity index (χ3n) is 4.08. The van der Waals surface area contributed by atoms with E-state index in [0.717, 1.165) is 13.0 Å². The van der Waals surface area contributed by atoms with E-state index in [9.17, 15) is 0 Å². The van der Waals surface area contributed by atoms with Gasteiger partial charge in [0.15, 0.2) is 0 Å². The first kappa shape index (κ1) is 14.9. The van der Waals surface area contributed by atoms with E-state index >= 15 is 0 Å². The van der Waals surface area contributed by atoms with Crippen molar-refractivity contribution in [2.45, 2.75) is 65.5 Å².